The zero-order chi connectivity index (χ0) is 23.0. The maximum Gasteiger partial charge on any atom is 0.349 e. The number of sulfonamides is 1. The van der Waals surface area contributed by atoms with Gasteiger partial charge in [-0.15, -0.1) is 0 Å². The predicted octanol–water partition coefficient (Wildman–Crippen LogP) is 1.53. The lowest BCUT2D eigenvalue weighted by atomic mass is 10.0. The number of carbonyl (C=O) groups is 2. The Bertz CT molecular complexity index is 1430. The minimum atomic E-state index is -3.81. The van der Waals surface area contributed by atoms with Gasteiger partial charge < -0.3 is 9.73 Å². The number of imide groups is 1. The second-order valence-corrected chi connectivity index (χ2v) is 8.75. The Balaban J connectivity index is 1.50. The summed E-state index contributed by atoms with van der Waals surface area (Å²) in [5, 5.41) is 13.3. The molecule has 1 atom stereocenters. The van der Waals surface area contributed by atoms with E-state index in [2.05, 4.69) is 10.4 Å². The zero-order valence-corrected chi connectivity index (χ0v) is 17.6. The molecule has 2 heterocycles. The molecule has 1 unspecified atom stereocenters. The molecule has 1 aliphatic rings. The molecular weight excluding hydrogens is 436 g/mol. The number of hydrogen-bond acceptors (Lipinski definition) is 8. The standard InChI is InChI=1S/C21H18N4O6S/c1-12-17(11-23-14-6-8-15(9-7-14)32(22,29)30)20(27)25(24-12)19(26)16-10-13-4-2-3-5-18(13)31-21(16)28/h2-10,17,23H,11H2,1H3,(H2,22,29,30). The molecule has 0 saturated heterocycles. The lowest BCUT2D eigenvalue weighted by molar-refractivity contribution is -0.128. The maximum atomic E-state index is 12.9. The molecule has 0 radical (unpaired) electrons. The number of primary sulfonamides is 1. The van der Waals surface area contributed by atoms with E-state index in [1.807, 2.05) is 0 Å². The van der Waals surface area contributed by atoms with E-state index in [0.717, 1.165) is 0 Å². The molecule has 2 aromatic carbocycles. The van der Waals surface area contributed by atoms with Crippen LogP contribution in [0.2, 0.25) is 0 Å². The van der Waals surface area contributed by atoms with E-state index >= 15 is 0 Å². The monoisotopic (exact) mass is 454 g/mol. The summed E-state index contributed by atoms with van der Waals surface area (Å²) in [6.45, 7) is 1.71. The van der Waals surface area contributed by atoms with Gasteiger partial charge in [-0.05, 0) is 43.3 Å². The average Bonchev–Trinajstić information content (AvgIpc) is 3.04. The van der Waals surface area contributed by atoms with Gasteiger partial charge in [0.1, 0.15) is 11.1 Å². The van der Waals surface area contributed by atoms with E-state index < -0.39 is 33.4 Å². The number of hydrogen-bond donors (Lipinski definition) is 2. The number of amides is 2. The van der Waals surface area contributed by atoms with E-state index in [0.29, 0.717) is 27.4 Å². The molecule has 0 fully saturated rings. The summed E-state index contributed by atoms with van der Waals surface area (Å²) in [6, 6.07) is 13.8. The number of fused-ring (bicyclic) bond motifs is 1. The molecule has 1 aromatic heterocycles. The molecule has 11 heteroatoms. The van der Waals surface area contributed by atoms with Crippen LogP contribution in [0, 0.1) is 5.92 Å². The van der Waals surface area contributed by atoms with E-state index in [1.54, 1.807) is 31.2 Å². The highest BCUT2D eigenvalue weighted by Crippen LogP contribution is 2.21. The fourth-order valence-electron chi connectivity index (χ4n) is 3.29. The third kappa shape index (κ3) is 4.03. The summed E-state index contributed by atoms with van der Waals surface area (Å²) in [4.78, 5) is 37.9. The molecule has 0 bridgehead atoms. The zero-order valence-electron chi connectivity index (χ0n) is 16.8. The molecule has 2 amide bonds. The van der Waals surface area contributed by atoms with Crippen LogP contribution >= 0.6 is 0 Å². The summed E-state index contributed by atoms with van der Waals surface area (Å²) in [5.74, 6) is -2.20. The van der Waals surface area contributed by atoms with Crippen LogP contribution in [0.5, 0.6) is 0 Å². The Kier molecular flexibility index (Phi) is 5.36. The fourth-order valence-corrected chi connectivity index (χ4v) is 3.81. The molecule has 0 saturated carbocycles. The van der Waals surface area contributed by atoms with Crippen molar-refractivity contribution >= 4 is 44.2 Å². The normalized spacial score (nSPS) is 16.3. The topological polar surface area (TPSA) is 152 Å². The van der Waals surface area contributed by atoms with Gasteiger partial charge in [-0.25, -0.2) is 18.4 Å². The first-order chi connectivity index (χ1) is 15.1. The van der Waals surface area contributed by atoms with Crippen LogP contribution in [0.1, 0.15) is 17.3 Å². The molecule has 0 aliphatic carbocycles. The van der Waals surface area contributed by atoms with Crippen molar-refractivity contribution in [2.24, 2.45) is 16.2 Å². The van der Waals surface area contributed by atoms with Gasteiger partial charge in [-0.1, -0.05) is 18.2 Å². The van der Waals surface area contributed by atoms with Gasteiger partial charge in [0, 0.05) is 17.6 Å². The second-order valence-electron chi connectivity index (χ2n) is 7.18. The summed E-state index contributed by atoms with van der Waals surface area (Å²) in [7, 11) is -3.81. The number of anilines is 1. The van der Waals surface area contributed by atoms with Crippen LogP contribution in [0.25, 0.3) is 11.0 Å². The number of carbonyl (C=O) groups excluding carboxylic acids is 2. The van der Waals surface area contributed by atoms with Crippen LogP contribution in [0.15, 0.2) is 73.8 Å². The number of para-hydroxylation sites is 1. The number of benzene rings is 2. The molecule has 10 nitrogen and oxygen atoms in total. The largest absolute Gasteiger partial charge is 0.422 e. The number of nitrogens with zero attached hydrogens (tertiary/aromatic N) is 2. The fraction of sp³-hybridized carbons (Fsp3) is 0.143. The van der Waals surface area contributed by atoms with E-state index in [9.17, 15) is 22.8 Å². The number of hydrazone groups is 1. The van der Waals surface area contributed by atoms with Crippen molar-refractivity contribution in [2.45, 2.75) is 11.8 Å². The van der Waals surface area contributed by atoms with Crippen molar-refractivity contribution in [3.05, 3.63) is 70.6 Å². The van der Waals surface area contributed by atoms with Crippen molar-refractivity contribution in [3.63, 3.8) is 0 Å². The third-order valence-electron chi connectivity index (χ3n) is 5.03. The highest BCUT2D eigenvalue weighted by atomic mass is 32.2. The van der Waals surface area contributed by atoms with E-state index in [-0.39, 0.29) is 17.0 Å². The van der Waals surface area contributed by atoms with Crippen LogP contribution in [0.3, 0.4) is 0 Å². The minimum absolute atomic E-state index is 0.0382. The molecule has 4 rings (SSSR count). The molecule has 0 spiro atoms. The van der Waals surface area contributed by atoms with Gasteiger partial charge in [-0.3, -0.25) is 9.59 Å². The maximum absolute atomic E-state index is 12.9. The molecule has 32 heavy (non-hydrogen) atoms. The Morgan fingerprint density at radius 2 is 1.84 bits per heavy atom. The average molecular weight is 454 g/mol. The second kappa shape index (κ2) is 8.02. The van der Waals surface area contributed by atoms with Crippen molar-refractivity contribution < 1.29 is 22.4 Å². The molecule has 3 aromatic rings. The first-order valence-corrected chi connectivity index (χ1v) is 11.0. The quantitative estimate of drug-likeness (QED) is 0.438. The van der Waals surface area contributed by atoms with Crippen molar-refractivity contribution in [2.75, 3.05) is 11.9 Å². The van der Waals surface area contributed by atoms with Crippen LogP contribution < -0.4 is 16.1 Å². The first kappa shape index (κ1) is 21.4. The van der Waals surface area contributed by atoms with Crippen molar-refractivity contribution in [3.8, 4) is 0 Å². The smallest absolute Gasteiger partial charge is 0.349 e. The number of nitrogens with one attached hydrogen (secondary N) is 1. The van der Waals surface area contributed by atoms with E-state index in [4.69, 9.17) is 9.56 Å². The lowest BCUT2D eigenvalue weighted by Gasteiger charge is -2.14. The Morgan fingerprint density at radius 3 is 2.53 bits per heavy atom. The Morgan fingerprint density at radius 1 is 1.16 bits per heavy atom. The Hall–Kier alpha value is -3.83. The SMILES string of the molecule is CC1=NN(C(=O)c2cc3ccccc3oc2=O)C(=O)C1CNc1ccc(S(N)(=O)=O)cc1. The van der Waals surface area contributed by atoms with Gasteiger partial charge in [0.25, 0.3) is 11.8 Å². The number of rotatable bonds is 5. The van der Waals surface area contributed by atoms with Gasteiger partial charge in [-0.2, -0.15) is 10.1 Å². The molecular formula is C21H18N4O6S. The summed E-state index contributed by atoms with van der Waals surface area (Å²) < 4.78 is 27.9. The predicted molar refractivity (Wildman–Crippen MR) is 117 cm³/mol. The van der Waals surface area contributed by atoms with E-state index in [1.165, 1.54) is 30.3 Å². The van der Waals surface area contributed by atoms with Crippen LogP contribution in [-0.4, -0.2) is 37.5 Å². The van der Waals surface area contributed by atoms with Crippen molar-refractivity contribution in [1.29, 1.82) is 0 Å². The van der Waals surface area contributed by atoms with Crippen LogP contribution in [-0.2, 0) is 14.8 Å². The summed E-state index contributed by atoms with van der Waals surface area (Å²) in [6.07, 6.45) is 0. The number of nitrogens with two attached hydrogens (primary N) is 1. The molecule has 1 aliphatic heterocycles. The highest BCUT2D eigenvalue weighted by Gasteiger charge is 2.38. The van der Waals surface area contributed by atoms with Crippen molar-refractivity contribution in [1.82, 2.24) is 5.01 Å². The minimum Gasteiger partial charge on any atom is -0.422 e. The van der Waals surface area contributed by atoms with Gasteiger partial charge >= 0.3 is 5.63 Å². The van der Waals surface area contributed by atoms with Gasteiger partial charge in [0.05, 0.1) is 16.5 Å². The molecule has 164 valence electrons. The van der Waals surface area contributed by atoms with Gasteiger partial charge in [0.2, 0.25) is 10.0 Å². The summed E-state index contributed by atoms with van der Waals surface area (Å²) in [5.41, 5.74) is 0.129. The third-order valence-corrected chi connectivity index (χ3v) is 5.96. The summed E-state index contributed by atoms with van der Waals surface area (Å²) >= 11 is 0. The first-order valence-electron chi connectivity index (χ1n) is 9.48. The Labute approximate surface area is 182 Å². The molecule has 3 N–H and O–H groups in total. The van der Waals surface area contributed by atoms with Crippen LogP contribution in [0.4, 0.5) is 5.69 Å². The van der Waals surface area contributed by atoms with Gasteiger partial charge in [0.15, 0.2) is 0 Å². The lowest BCUT2D eigenvalue weighted by Crippen LogP contribution is -2.37. The highest BCUT2D eigenvalue weighted by molar-refractivity contribution is 7.89.